The van der Waals surface area contributed by atoms with E-state index in [2.05, 4.69) is 25.4 Å². The molecule has 1 amide bonds. The summed E-state index contributed by atoms with van der Waals surface area (Å²) < 4.78 is 1.70. The minimum absolute atomic E-state index is 0.105. The van der Waals surface area contributed by atoms with E-state index in [4.69, 9.17) is 5.73 Å². The Balaban J connectivity index is 1.74. The quantitative estimate of drug-likeness (QED) is 0.464. The molecule has 0 radical (unpaired) electrons. The lowest BCUT2D eigenvalue weighted by molar-refractivity contribution is -0.116. The number of carbonyl (C=O) groups excluding carboxylic acids is 1. The number of carbonyl (C=O) groups is 1. The van der Waals surface area contributed by atoms with E-state index in [1.807, 2.05) is 20.2 Å². The van der Waals surface area contributed by atoms with E-state index in [0.29, 0.717) is 28.1 Å². The Labute approximate surface area is 169 Å². The number of anilines is 2. The summed E-state index contributed by atoms with van der Waals surface area (Å²) in [6.45, 7) is 1.93. The van der Waals surface area contributed by atoms with Crippen LogP contribution in [0, 0.1) is 0 Å². The second-order valence-corrected chi connectivity index (χ2v) is 7.62. The van der Waals surface area contributed by atoms with Crippen LogP contribution in [-0.4, -0.2) is 30.6 Å². The summed E-state index contributed by atoms with van der Waals surface area (Å²) >= 11 is 1.36. The molecule has 0 spiro atoms. The van der Waals surface area contributed by atoms with Gasteiger partial charge < -0.3 is 16.0 Å². The van der Waals surface area contributed by atoms with Gasteiger partial charge in [-0.2, -0.15) is 5.10 Å². The largest absolute Gasteiger partial charge is 0.396 e. The molecule has 0 saturated heterocycles. The zero-order valence-corrected chi connectivity index (χ0v) is 16.7. The maximum Gasteiger partial charge on any atom is 0.260 e. The Bertz CT molecular complexity index is 1270. The molecular formula is C19H19N7O2S. The zero-order chi connectivity index (χ0) is 20.5. The van der Waals surface area contributed by atoms with E-state index < -0.39 is 0 Å². The van der Waals surface area contributed by atoms with Crippen LogP contribution < -0.4 is 16.6 Å². The second-order valence-electron chi connectivity index (χ2n) is 6.59. The molecule has 4 aromatic rings. The first-order valence-corrected chi connectivity index (χ1v) is 9.84. The molecule has 10 heteroatoms. The molecule has 0 unspecified atom stereocenters. The molecule has 0 aliphatic rings. The van der Waals surface area contributed by atoms with Gasteiger partial charge >= 0.3 is 0 Å². The van der Waals surface area contributed by atoms with Crippen LogP contribution in [0.5, 0.6) is 0 Å². The standard InChI is InChI=1S/C19H19N7O2S/c1-3-4-14(27)24-11-5-12-17(21-7-11)16(20)15(18(28)25-12)19-22-8-13(29-19)10-6-23-26(2)9-10/h5-9H,3-4H2,1-2H3,(H,24,27)(H3,20,25,28). The molecule has 4 N–H and O–H groups in total. The number of nitrogens with one attached hydrogen (secondary N) is 2. The van der Waals surface area contributed by atoms with Crippen LogP contribution in [0.2, 0.25) is 0 Å². The molecule has 4 aromatic heterocycles. The first-order valence-electron chi connectivity index (χ1n) is 9.03. The molecule has 0 aliphatic heterocycles. The number of thiazole rings is 1. The van der Waals surface area contributed by atoms with E-state index in [1.165, 1.54) is 17.5 Å². The summed E-state index contributed by atoms with van der Waals surface area (Å²) in [7, 11) is 1.84. The number of aromatic nitrogens is 5. The lowest BCUT2D eigenvalue weighted by Gasteiger charge is -2.08. The van der Waals surface area contributed by atoms with Crippen molar-refractivity contribution in [2.24, 2.45) is 7.05 Å². The Hall–Kier alpha value is -3.53. The number of nitrogens with zero attached hydrogens (tertiary/aromatic N) is 4. The Morgan fingerprint density at radius 2 is 2.14 bits per heavy atom. The van der Waals surface area contributed by atoms with Crippen LogP contribution in [0.15, 0.2) is 35.6 Å². The maximum atomic E-state index is 12.7. The highest BCUT2D eigenvalue weighted by Crippen LogP contribution is 2.34. The maximum absolute atomic E-state index is 12.7. The molecule has 0 atom stereocenters. The molecule has 0 fully saturated rings. The lowest BCUT2D eigenvalue weighted by atomic mass is 10.2. The second kappa shape index (κ2) is 7.47. The average molecular weight is 409 g/mol. The van der Waals surface area contributed by atoms with Gasteiger partial charge in [0.2, 0.25) is 5.91 Å². The number of hydrogen-bond acceptors (Lipinski definition) is 7. The lowest BCUT2D eigenvalue weighted by Crippen LogP contribution is -2.14. The predicted octanol–water partition coefficient (Wildman–Crippen LogP) is 2.77. The summed E-state index contributed by atoms with van der Waals surface area (Å²) in [5.41, 5.74) is 8.78. The van der Waals surface area contributed by atoms with Crippen molar-refractivity contribution < 1.29 is 4.79 Å². The molecule has 0 saturated carbocycles. The van der Waals surface area contributed by atoms with Gasteiger partial charge in [-0.05, 0) is 12.5 Å². The Kier molecular flexibility index (Phi) is 4.85. The average Bonchev–Trinajstić information content (AvgIpc) is 3.31. The van der Waals surface area contributed by atoms with Crippen molar-refractivity contribution in [3.63, 3.8) is 0 Å². The van der Waals surface area contributed by atoms with Crippen molar-refractivity contribution in [2.45, 2.75) is 19.8 Å². The van der Waals surface area contributed by atoms with Crippen LogP contribution in [0.1, 0.15) is 19.8 Å². The number of fused-ring (bicyclic) bond motifs is 1. The Morgan fingerprint density at radius 1 is 1.31 bits per heavy atom. The van der Waals surface area contributed by atoms with E-state index in [0.717, 1.165) is 16.9 Å². The van der Waals surface area contributed by atoms with Gasteiger partial charge in [-0.1, -0.05) is 6.92 Å². The molecule has 148 valence electrons. The number of H-pyrrole nitrogens is 1. The van der Waals surface area contributed by atoms with Crippen molar-refractivity contribution >= 4 is 39.7 Å². The minimum atomic E-state index is -0.360. The van der Waals surface area contributed by atoms with Crippen LogP contribution in [0.4, 0.5) is 11.4 Å². The summed E-state index contributed by atoms with van der Waals surface area (Å²) in [5, 5.41) is 7.42. The fraction of sp³-hybridized carbons (Fsp3) is 0.211. The SMILES string of the molecule is CCCC(=O)Nc1cnc2c(N)c(-c3ncc(-c4cnn(C)c4)s3)c(=O)[nH]c2c1. The smallest absolute Gasteiger partial charge is 0.260 e. The van der Waals surface area contributed by atoms with Crippen molar-refractivity contribution in [3.8, 4) is 21.0 Å². The number of amides is 1. The number of hydrogen-bond donors (Lipinski definition) is 3. The fourth-order valence-electron chi connectivity index (χ4n) is 3.00. The molecule has 0 bridgehead atoms. The monoisotopic (exact) mass is 409 g/mol. The molecule has 4 heterocycles. The van der Waals surface area contributed by atoms with Crippen molar-refractivity contribution in [2.75, 3.05) is 11.1 Å². The zero-order valence-electron chi connectivity index (χ0n) is 15.9. The third kappa shape index (κ3) is 3.61. The van der Waals surface area contributed by atoms with Crippen LogP contribution in [-0.2, 0) is 11.8 Å². The summed E-state index contributed by atoms with van der Waals surface area (Å²) in [4.78, 5) is 36.9. The third-order valence-electron chi connectivity index (χ3n) is 4.36. The highest BCUT2D eigenvalue weighted by Gasteiger charge is 2.18. The van der Waals surface area contributed by atoms with Gasteiger partial charge in [0.15, 0.2) is 0 Å². The molecule has 9 nitrogen and oxygen atoms in total. The fourth-order valence-corrected chi connectivity index (χ4v) is 3.95. The predicted molar refractivity (Wildman–Crippen MR) is 114 cm³/mol. The topological polar surface area (TPSA) is 132 Å². The van der Waals surface area contributed by atoms with Crippen LogP contribution in [0.3, 0.4) is 0 Å². The number of aryl methyl sites for hydroxylation is 1. The number of nitrogen functional groups attached to an aromatic ring is 1. The van der Waals surface area contributed by atoms with Crippen molar-refractivity contribution in [1.29, 1.82) is 0 Å². The molecular weight excluding hydrogens is 390 g/mol. The number of nitrogens with two attached hydrogens (primary N) is 1. The highest BCUT2D eigenvalue weighted by atomic mass is 32.1. The van der Waals surface area contributed by atoms with Gasteiger partial charge in [-0.15, -0.1) is 11.3 Å². The van der Waals surface area contributed by atoms with Crippen molar-refractivity contribution in [1.82, 2.24) is 24.7 Å². The van der Waals surface area contributed by atoms with E-state index in [-0.39, 0.29) is 22.7 Å². The van der Waals surface area contributed by atoms with E-state index >= 15 is 0 Å². The molecule has 29 heavy (non-hydrogen) atoms. The van der Waals surface area contributed by atoms with Gasteiger partial charge in [0, 0.05) is 31.4 Å². The molecule has 0 aliphatic carbocycles. The normalized spacial score (nSPS) is 11.1. The van der Waals surface area contributed by atoms with Crippen LogP contribution >= 0.6 is 11.3 Å². The highest BCUT2D eigenvalue weighted by molar-refractivity contribution is 7.18. The van der Waals surface area contributed by atoms with Crippen molar-refractivity contribution in [3.05, 3.63) is 41.2 Å². The summed E-state index contributed by atoms with van der Waals surface area (Å²) in [5.74, 6) is -0.105. The molecule has 0 aromatic carbocycles. The first kappa shape index (κ1) is 18.8. The van der Waals surface area contributed by atoms with Crippen LogP contribution in [0.25, 0.3) is 32.0 Å². The van der Waals surface area contributed by atoms with E-state index in [1.54, 1.807) is 23.1 Å². The Morgan fingerprint density at radius 3 is 2.86 bits per heavy atom. The third-order valence-corrected chi connectivity index (χ3v) is 5.42. The summed E-state index contributed by atoms with van der Waals surface area (Å²) in [6, 6.07) is 1.65. The van der Waals surface area contributed by atoms with Gasteiger partial charge in [0.25, 0.3) is 5.56 Å². The number of pyridine rings is 2. The van der Waals surface area contributed by atoms with Gasteiger partial charge in [0.05, 0.1) is 34.2 Å². The summed E-state index contributed by atoms with van der Waals surface area (Å²) in [6.07, 6.45) is 7.99. The van der Waals surface area contributed by atoms with E-state index in [9.17, 15) is 9.59 Å². The minimum Gasteiger partial charge on any atom is -0.396 e. The van der Waals surface area contributed by atoms with Gasteiger partial charge in [-0.25, -0.2) is 4.98 Å². The number of rotatable bonds is 5. The van der Waals surface area contributed by atoms with Gasteiger partial charge in [-0.3, -0.25) is 19.3 Å². The number of aromatic amines is 1. The molecule has 4 rings (SSSR count). The first-order chi connectivity index (χ1) is 14.0. The van der Waals surface area contributed by atoms with Gasteiger partial charge in [0.1, 0.15) is 16.1 Å².